The topological polar surface area (TPSA) is 52.3 Å². The Bertz CT molecular complexity index is 966. The van der Waals surface area contributed by atoms with Gasteiger partial charge in [-0.15, -0.1) is 10.2 Å². The van der Waals surface area contributed by atoms with Crippen LogP contribution in [0.4, 0.5) is 0 Å². The van der Waals surface area contributed by atoms with Gasteiger partial charge in [0, 0.05) is 16.3 Å². The van der Waals surface area contributed by atoms with Crippen LogP contribution in [-0.4, -0.2) is 33.4 Å². The molecule has 0 N–H and O–H groups in total. The minimum Gasteiger partial charge on any atom is -0.497 e. The lowest BCUT2D eigenvalue weighted by Gasteiger charge is -2.14. The van der Waals surface area contributed by atoms with Crippen LogP contribution in [0.3, 0.4) is 0 Å². The second-order valence-corrected chi connectivity index (χ2v) is 7.02. The zero-order valence-corrected chi connectivity index (χ0v) is 15.3. The maximum absolute atomic E-state index is 6.06. The Balaban J connectivity index is 1.77. The Morgan fingerprint density at radius 1 is 1.12 bits per heavy atom. The first-order chi connectivity index (χ1) is 12.2. The van der Waals surface area contributed by atoms with Crippen LogP contribution in [0.1, 0.15) is 11.1 Å². The van der Waals surface area contributed by atoms with Gasteiger partial charge in [-0.25, -0.2) is 0 Å². The van der Waals surface area contributed by atoms with Gasteiger partial charge < -0.3 is 4.74 Å². The van der Waals surface area contributed by atoms with E-state index in [2.05, 4.69) is 10.2 Å². The lowest BCUT2D eigenvalue weighted by Crippen LogP contribution is -2.13. The molecule has 5 nitrogen and oxygen atoms in total. The second kappa shape index (κ2) is 6.54. The molecule has 0 saturated carbocycles. The number of aryl methyl sites for hydroxylation is 1. The lowest BCUT2D eigenvalue weighted by atomic mass is 10.1. The number of ether oxygens (including phenoxy) is 1. The molecule has 4 rings (SSSR count). The maximum Gasteiger partial charge on any atom is 0.212 e. The first-order valence-corrected chi connectivity index (χ1v) is 9.09. The summed E-state index contributed by atoms with van der Waals surface area (Å²) in [5, 5.41) is 14.9. The molecule has 126 valence electrons. The number of methoxy groups -OCH3 is 1. The van der Waals surface area contributed by atoms with Gasteiger partial charge in [-0.05, 0) is 60.5 Å². The van der Waals surface area contributed by atoms with E-state index in [0.717, 1.165) is 44.9 Å². The Labute approximate surface area is 154 Å². The third-order valence-corrected chi connectivity index (χ3v) is 5.19. The van der Waals surface area contributed by atoms with Gasteiger partial charge in [0.15, 0.2) is 5.82 Å². The molecule has 0 radical (unpaired) electrons. The Hall–Kier alpha value is -2.31. The van der Waals surface area contributed by atoms with Crippen LogP contribution >= 0.6 is 23.4 Å². The summed E-state index contributed by atoms with van der Waals surface area (Å²) in [5.41, 5.74) is 4.06. The fourth-order valence-corrected chi connectivity index (χ4v) is 3.76. The molecule has 0 atom stereocenters. The van der Waals surface area contributed by atoms with E-state index in [9.17, 15) is 0 Å². The van der Waals surface area contributed by atoms with E-state index in [0.29, 0.717) is 5.02 Å². The summed E-state index contributed by atoms with van der Waals surface area (Å²) in [7, 11) is 1.66. The molecule has 1 aliphatic heterocycles. The third-order valence-electron chi connectivity index (χ3n) is 4.02. The second-order valence-electron chi connectivity index (χ2n) is 5.64. The normalized spacial score (nSPS) is 13.3. The molecule has 0 spiro atoms. The van der Waals surface area contributed by atoms with E-state index in [1.807, 2.05) is 54.1 Å². The van der Waals surface area contributed by atoms with Crippen LogP contribution in [0, 0.1) is 6.92 Å². The van der Waals surface area contributed by atoms with Crippen LogP contribution < -0.4 is 4.74 Å². The smallest absolute Gasteiger partial charge is 0.212 e. The van der Waals surface area contributed by atoms with Crippen molar-refractivity contribution in [1.29, 1.82) is 0 Å². The van der Waals surface area contributed by atoms with Gasteiger partial charge in [-0.2, -0.15) is 9.78 Å². The number of thioether (sulfide) groups is 1. The number of halogens is 1. The fourth-order valence-electron chi connectivity index (χ4n) is 2.70. The van der Waals surface area contributed by atoms with Crippen molar-refractivity contribution in [2.24, 2.45) is 5.10 Å². The van der Waals surface area contributed by atoms with Crippen molar-refractivity contribution in [3.05, 3.63) is 58.6 Å². The molecule has 0 unspecified atom stereocenters. The third kappa shape index (κ3) is 3.03. The van der Waals surface area contributed by atoms with Crippen LogP contribution in [-0.2, 0) is 0 Å². The molecule has 0 saturated heterocycles. The summed E-state index contributed by atoms with van der Waals surface area (Å²) in [6, 6.07) is 13.6. The van der Waals surface area contributed by atoms with Gasteiger partial charge in [0.1, 0.15) is 5.75 Å². The highest BCUT2D eigenvalue weighted by atomic mass is 35.5. The fraction of sp³-hybridized carbons (Fsp3) is 0.167. The van der Waals surface area contributed by atoms with Crippen molar-refractivity contribution >= 4 is 29.1 Å². The molecule has 7 heteroatoms. The van der Waals surface area contributed by atoms with Crippen molar-refractivity contribution < 1.29 is 4.74 Å². The van der Waals surface area contributed by atoms with E-state index < -0.39 is 0 Å². The van der Waals surface area contributed by atoms with Gasteiger partial charge in [0.25, 0.3) is 0 Å². The first-order valence-electron chi connectivity index (χ1n) is 7.73. The van der Waals surface area contributed by atoms with E-state index in [4.69, 9.17) is 21.4 Å². The number of fused-ring (bicyclic) bond motifs is 1. The van der Waals surface area contributed by atoms with E-state index in [-0.39, 0.29) is 0 Å². The predicted octanol–water partition coefficient (Wildman–Crippen LogP) is 4.27. The van der Waals surface area contributed by atoms with Crippen LogP contribution in [0.25, 0.3) is 11.4 Å². The van der Waals surface area contributed by atoms with Crippen molar-refractivity contribution in [2.75, 3.05) is 12.9 Å². The number of nitrogens with zero attached hydrogens (tertiary/aromatic N) is 4. The standard InChI is InChI=1S/C18H15ClN4OS/c1-11-9-13(19)5-8-15(11)17-20-21-18-23(17)22-16(10-25-18)12-3-6-14(24-2)7-4-12/h3-9H,10H2,1-2H3. The van der Waals surface area contributed by atoms with Crippen molar-refractivity contribution in [2.45, 2.75) is 12.1 Å². The van der Waals surface area contributed by atoms with Gasteiger partial charge in [-0.1, -0.05) is 23.4 Å². The molecule has 3 aromatic rings. The highest BCUT2D eigenvalue weighted by Gasteiger charge is 2.21. The van der Waals surface area contributed by atoms with E-state index in [1.54, 1.807) is 18.9 Å². The SMILES string of the molecule is COc1ccc(C2=Nn3c(nnc3-c3ccc(Cl)cc3C)SC2)cc1. The molecule has 1 aliphatic rings. The average molecular weight is 371 g/mol. The van der Waals surface area contributed by atoms with Crippen molar-refractivity contribution in [3.8, 4) is 17.1 Å². The molecule has 1 aromatic heterocycles. The van der Waals surface area contributed by atoms with Crippen LogP contribution in [0.15, 0.2) is 52.7 Å². The number of aromatic nitrogens is 3. The zero-order valence-electron chi connectivity index (χ0n) is 13.7. The van der Waals surface area contributed by atoms with E-state index >= 15 is 0 Å². The summed E-state index contributed by atoms with van der Waals surface area (Å²) in [4.78, 5) is 0. The summed E-state index contributed by atoms with van der Waals surface area (Å²) in [5.74, 6) is 2.31. The van der Waals surface area contributed by atoms with Crippen LogP contribution in [0.5, 0.6) is 5.75 Å². The summed E-state index contributed by atoms with van der Waals surface area (Å²) in [6.45, 7) is 2.01. The highest BCUT2D eigenvalue weighted by Crippen LogP contribution is 2.31. The Morgan fingerprint density at radius 3 is 2.64 bits per heavy atom. The van der Waals surface area contributed by atoms with E-state index in [1.165, 1.54) is 0 Å². The van der Waals surface area contributed by atoms with Crippen molar-refractivity contribution in [1.82, 2.24) is 14.9 Å². The predicted molar refractivity (Wildman–Crippen MR) is 101 cm³/mol. The monoisotopic (exact) mass is 370 g/mol. The van der Waals surface area contributed by atoms with Gasteiger partial charge in [0.2, 0.25) is 5.16 Å². The quantitative estimate of drug-likeness (QED) is 0.690. The molecule has 0 bridgehead atoms. The van der Waals surface area contributed by atoms with Crippen LogP contribution in [0.2, 0.25) is 5.02 Å². The summed E-state index contributed by atoms with van der Waals surface area (Å²) < 4.78 is 7.03. The summed E-state index contributed by atoms with van der Waals surface area (Å²) in [6.07, 6.45) is 0. The number of rotatable bonds is 3. The summed E-state index contributed by atoms with van der Waals surface area (Å²) >= 11 is 7.69. The largest absolute Gasteiger partial charge is 0.497 e. The molecule has 0 amide bonds. The van der Waals surface area contributed by atoms with Gasteiger partial charge in [-0.3, -0.25) is 0 Å². The molecule has 2 heterocycles. The molecule has 2 aromatic carbocycles. The average Bonchev–Trinajstić information content (AvgIpc) is 3.05. The highest BCUT2D eigenvalue weighted by molar-refractivity contribution is 7.99. The van der Waals surface area contributed by atoms with Gasteiger partial charge >= 0.3 is 0 Å². The van der Waals surface area contributed by atoms with Crippen molar-refractivity contribution in [3.63, 3.8) is 0 Å². The molecular weight excluding hydrogens is 356 g/mol. The minimum absolute atomic E-state index is 0.705. The molecular formula is C18H15ClN4OS. The number of hydrogen-bond donors (Lipinski definition) is 0. The molecule has 25 heavy (non-hydrogen) atoms. The molecule has 0 aliphatic carbocycles. The van der Waals surface area contributed by atoms with Gasteiger partial charge in [0.05, 0.1) is 12.8 Å². The molecule has 0 fully saturated rings. The number of hydrogen-bond acceptors (Lipinski definition) is 5. The zero-order chi connectivity index (χ0) is 17.4. The lowest BCUT2D eigenvalue weighted by molar-refractivity contribution is 0.415. The Morgan fingerprint density at radius 2 is 1.92 bits per heavy atom. The first kappa shape index (κ1) is 16.2. The number of benzene rings is 2. The Kier molecular flexibility index (Phi) is 4.23. The maximum atomic E-state index is 6.06. The minimum atomic E-state index is 0.705.